The van der Waals surface area contributed by atoms with Crippen molar-refractivity contribution in [3.63, 3.8) is 0 Å². The summed E-state index contributed by atoms with van der Waals surface area (Å²) < 4.78 is 9.11. The van der Waals surface area contributed by atoms with Gasteiger partial charge in [-0.15, -0.1) is 0 Å². The lowest BCUT2D eigenvalue weighted by atomic mass is 10.1. The fraction of sp³-hybridized carbons (Fsp3) is 0.300. The molecular formula is C20H22N4O2. The molecule has 2 aromatic heterocycles. The second-order valence-electron chi connectivity index (χ2n) is 6.56. The van der Waals surface area contributed by atoms with Crippen molar-refractivity contribution in [2.45, 2.75) is 19.5 Å². The zero-order chi connectivity index (χ0) is 18.1. The second kappa shape index (κ2) is 6.71. The first-order valence-electron chi connectivity index (χ1n) is 8.77. The third-order valence-corrected chi connectivity index (χ3v) is 4.85. The Hall–Kier alpha value is -3.02. The lowest BCUT2D eigenvalue weighted by Gasteiger charge is -2.20. The van der Waals surface area contributed by atoms with Crippen LogP contribution in [0.15, 0.2) is 48.7 Å². The van der Waals surface area contributed by atoms with Gasteiger partial charge in [0, 0.05) is 31.9 Å². The summed E-state index contributed by atoms with van der Waals surface area (Å²) in [4.78, 5) is 14.8. The van der Waals surface area contributed by atoms with E-state index in [4.69, 9.17) is 9.84 Å². The Balaban J connectivity index is 1.59. The molecule has 0 saturated heterocycles. The minimum absolute atomic E-state index is 0.0677. The van der Waals surface area contributed by atoms with E-state index in [9.17, 15) is 4.79 Å². The van der Waals surface area contributed by atoms with Crippen LogP contribution >= 0.6 is 0 Å². The van der Waals surface area contributed by atoms with Gasteiger partial charge in [-0.1, -0.05) is 0 Å². The highest BCUT2D eigenvalue weighted by Crippen LogP contribution is 2.24. The monoisotopic (exact) mass is 350 g/mol. The fourth-order valence-corrected chi connectivity index (χ4v) is 3.38. The summed E-state index contributed by atoms with van der Waals surface area (Å²) in [6.07, 6.45) is 2.80. The number of carbonyl (C=O) groups excluding carboxylic acids is 1. The predicted molar refractivity (Wildman–Crippen MR) is 99.0 cm³/mol. The average molecular weight is 350 g/mol. The van der Waals surface area contributed by atoms with Crippen molar-refractivity contribution in [3.8, 4) is 17.0 Å². The average Bonchev–Trinajstić information content (AvgIpc) is 3.21. The summed E-state index contributed by atoms with van der Waals surface area (Å²) in [5.74, 6) is 0.895. The van der Waals surface area contributed by atoms with Gasteiger partial charge in [0.2, 0.25) is 0 Å². The predicted octanol–water partition coefficient (Wildman–Crippen LogP) is 2.94. The summed E-state index contributed by atoms with van der Waals surface area (Å²) in [6.45, 7) is 2.14. The number of fused-ring (bicyclic) bond motifs is 1. The quantitative estimate of drug-likeness (QED) is 0.730. The number of nitrogens with zero attached hydrogens (tertiary/aromatic N) is 4. The van der Waals surface area contributed by atoms with E-state index in [0.29, 0.717) is 12.2 Å². The number of ether oxygens (including phenoxy) is 1. The fourth-order valence-electron chi connectivity index (χ4n) is 3.38. The lowest BCUT2D eigenvalue weighted by Crippen LogP contribution is -2.31. The lowest BCUT2D eigenvalue weighted by molar-refractivity contribution is 0.0736. The van der Waals surface area contributed by atoms with Crippen LogP contribution in [0.1, 0.15) is 22.6 Å². The molecule has 134 valence electrons. The molecule has 4 rings (SSSR count). The molecular weight excluding hydrogens is 328 g/mol. The number of carbonyl (C=O) groups is 1. The van der Waals surface area contributed by atoms with Crippen LogP contribution in [-0.4, -0.2) is 38.8 Å². The number of hydrogen-bond acceptors (Lipinski definition) is 3. The largest absolute Gasteiger partial charge is 0.497 e. The number of hydrogen-bond donors (Lipinski definition) is 0. The van der Waals surface area contributed by atoms with Crippen LogP contribution in [0.4, 0.5) is 0 Å². The molecule has 1 amide bonds. The van der Waals surface area contributed by atoms with Crippen molar-refractivity contribution >= 4 is 5.91 Å². The van der Waals surface area contributed by atoms with Crippen molar-refractivity contribution < 1.29 is 9.53 Å². The summed E-state index contributed by atoms with van der Waals surface area (Å²) in [5, 5.41) is 4.74. The highest BCUT2D eigenvalue weighted by molar-refractivity contribution is 5.92. The number of aromatic nitrogens is 3. The minimum atomic E-state index is 0.0677. The molecule has 1 aliphatic heterocycles. The van der Waals surface area contributed by atoms with Gasteiger partial charge in [-0.25, -0.2) is 0 Å². The highest BCUT2D eigenvalue weighted by atomic mass is 16.5. The van der Waals surface area contributed by atoms with E-state index >= 15 is 0 Å². The van der Waals surface area contributed by atoms with E-state index in [-0.39, 0.29) is 5.91 Å². The van der Waals surface area contributed by atoms with E-state index in [0.717, 1.165) is 42.2 Å². The van der Waals surface area contributed by atoms with Crippen molar-refractivity contribution in [2.75, 3.05) is 13.7 Å². The van der Waals surface area contributed by atoms with Gasteiger partial charge in [0.15, 0.2) is 0 Å². The number of methoxy groups -OCH3 is 1. The van der Waals surface area contributed by atoms with Gasteiger partial charge in [-0.3, -0.25) is 9.48 Å². The minimum Gasteiger partial charge on any atom is -0.497 e. The van der Waals surface area contributed by atoms with Crippen LogP contribution in [0.3, 0.4) is 0 Å². The third kappa shape index (κ3) is 2.98. The van der Waals surface area contributed by atoms with Crippen molar-refractivity contribution in [3.05, 3.63) is 60.0 Å². The molecule has 0 aliphatic carbocycles. The molecule has 0 radical (unpaired) electrons. The molecule has 0 atom stereocenters. The number of rotatable bonds is 3. The Morgan fingerprint density at radius 3 is 2.65 bits per heavy atom. The number of benzene rings is 1. The molecule has 6 nitrogen and oxygen atoms in total. The smallest absolute Gasteiger partial charge is 0.270 e. The van der Waals surface area contributed by atoms with E-state index < -0.39 is 0 Å². The summed E-state index contributed by atoms with van der Waals surface area (Å²) in [7, 11) is 3.56. The maximum absolute atomic E-state index is 12.9. The molecule has 3 aromatic rings. The maximum Gasteiger partial charge on any atom is 0.270 e. The van der Waals surface area contributed by atoms with Gasteiger partial charge in [0.05, 0.1) is 25.0 Å². The van der Waals surface area contributed by atoms with E-state index in [1.165, 1.54) is 0 Å². The SMILES string of the molecule is COc1ccc(-c2cc3n(n2)CCCN(C(=O)c2cccn2C)C3)cc1. The normalized spacial score (nSPS) is 14.0. The molecule has 1 aliphatic rings. The molecule has 26 heavy (non-hydrogen) atoms. The zero-order valence-corrected chi connectivity index (χ0v) is 15.1. The van der Waals surface area contributed by atoms with Crippen LogP contribution < -0.4 is 4.74 Å². The van der Waals surface area contributed by atoms with Gasteiger partial charge < -0.3 is 14.2 Å². The zero-order valence-electron chi connectivity index (χ0n) is 15.1. The molecule has 0 N–H and O–H groups in total. The molecule has 3 heterocycles. The Bertz CT molecular complexity index is 924. The van der Waals surface area contributed by atoms with E-state index in [1.54, 1.807) is 7.11 Å². The van der Waals surface area contributed by atoms with Crippen molar-refractivity contribution in [2.24, 2.45) is 7.05 Å². The Morgan fingerprint density at radius 2 is 1.96 bits per heavy atom. The van der Waals surface area contributed by atoms with Crippen molar-refractivity contribution in [1.82, 2.24) is 19.2 Å². The number of amides is 1. The molecule has 0 spiro atoms. The van der Waals surface area contributed by atoms with Gasteiger partial charge in [0.1, 0.15) is 11.4 Å². The molecule has 1 aromatic carbocycles. The van der Waals surface area contributed by atoms with Gasteiger partial charge in [0.25, 0.3) is 5.91 Å². The number of aryl methyl sites for hydroxylation is 2. The first-order valence-corrected chi connectivity index (χ1v) is 8.77. The highest BCUT2D eigenvalue weighted by Gasteiger charge is 2.23. The molecule has 0 saturated carbocycles. The van der Waals surface area contributed by atoms with E-state index in [2.05, 4.69) is 6.07 Å². The first kappa shape index (κ1) is 16.4. The van der Waals surface area contributed by atoms with Crippen LogP contribution in [0, 0.1) is 0 Å². The second-order valence-corrected chi connectivity index (χ2v) is 6.56. The Morgan fingerprint density at radius 1 is 1.15 bits per heavy atom. The van der Waals surface area contributed by atoms with Crippen LogP contribution in [-0.2, 0) is 20.1 Å². The van der Waals surface area contributed by atoms with Gasteiger partial charge >= 0.3 is 0 Å². The van der Waals surface area contributed by atoms with Gasteiger partial charge in [-0.2, -0.15) is 5.10 Å². The standard InChI is InChI=1S/C20H22N4O2/c1-22-10-3-5-19(22)20(25)23-11-4-12-24-16(14-23)13-18(21-24)15-6-8-17(26-2)9-7-15/h3,5-10,13H,4,11-12,14H2,1-2H3. The van der Waals surface area contributed by atoms with Crippen LogP contribution in [0.2, 0.25) is 0 Å². The molecule has 0 fully saturated rings. The van der Waals surface area contributed by atoms with Crippen molar-refractivity contribution in [1.29, 1.82) is 0 Å². The van der Waals surface area contributed by atoms with Crippen LogP contribution in [0.25, 0.3) is 11.3 Å². The van der Waals surface area contributed by atoms with E-state index in [1.807, 2.05) is 63.8 Å². The molecule has 0 bridgehead atoms. The Labute approximate surface area is 152 Å². The summed E-state index contributed by atoms with van der Waals surface area (Å²) in [6, 6.07) is 13.7. The first-order chi connectivity index (χ1) is 12.7. The topological polar surface area (TPSA) is 52.3 Å². The van der Waals surface area contributed by atoms with Crippen LogP contribution in [0.5, 0.6) is 5.75 Å². The van der Waals surface area contributed by atoms with Gasteiger partial charge in [-0.05, 0) is 48.9 Å². The Kier molecular flexibility index (Phi) is 4.24. The third-order valence-electron chi connectivity index (χ3n) is 4.85. The maximum atomic E-state index is 12.9. The summed E-state index contributed by atoms with van der Waals surface area (Å²) in [5.41, 5.74) is 3.76. The molecule has 0 unspecified atom stereocenters. The summed E-state index contributed by atoms with van der Waals surface area (Å²) >= 11 is 0. The molecule has 6 heteroatoms.